The molecule has 1 aliphatic heterocycles. The summed E-state index contributed by atoms with van der Waals surface area (Å²) in [5, 5.41) is 2.90. The number of methoxy groups -OCH3 is 1. The fourth-order valence-corrected chi connectivity index (χ4v) is 4.17. The summed E-state index contributed by atoms with van der Waals surface area (Å²) in [4.78, 5) is 26.4. The number of rotatable bonds is 3. The van der Waals surface area contributed by atoms with Crippen LogP contribution >= 0.6 is 0 Å². The molecule has 2 fully saturated rings. The van der Waals surface area contributed by atoms with Crippen LogP contribution < -0.4 is 15.8 Å². The number of carbonyl (C=O) groups excluding carboxylic acids is 2. The third-order valence-electron chi connectivity index (χ3n) is 5.73. The molecular weight excluding hydrogens is 377 g/mol. The number of nitrogen functional groups attached to an aromatic ring is 1. The highest BCUT2D eigenvalue weighted by Gasteiger charge is 2.47. The number of likely N-dealkylation sites (tertiary alicyclic amines) is 1. The fourth-order valence-electron chi connectivity index (χ4n) is 4.17. The lowest BCUT2D eigenvalue weighted by Gasteiger charge is -2.52. The molecule has 1 aromatic carbocycles. The molecule has 1 saturated heterocycles. The van der Waals surface area contributed by atoms with E-state index in [0.29, 0.717) is 13.1 Å². The van der Waals surface area contributed by atoms with E-state index >= 15 is 0 Å². The number of piperidine rings is 1. The van der Waals surface area contributed by atoms with E-state index in [-0.39, 0.29) is 34.6 Å². The van der Waals surface area contributed by atoms with E-state index in [0.717, 1.165) is 31.7 Å². The minimum absolute atomic E-state index is 0.00137. The Kier molecular flexibility index (Phi) is 5.65. The van der Waals surface area contributed by atoms with Gasteiger partial charge in [-0.15, -0.1) is 0 Å². The van der Waals surface area contributed by atoms with Crippen LogP contribution in [0.3, 0.4) is 0 Å². The second-order valence-corrected chi connectivity index (χ2v) is 9.12. The van der Waals surface area contributed by atoms with Gasteiger partial charge in [-0.25, -0.2) is 9.18 Å². The first-order valence-corrected chi connectivity index (χ1v) is 9.94. The summed E-state index contributed by atoms with van der Waals surface area (Å²) >= 11 is 0. The van der Waals surface area contributed by atoms with Gasteiger partial charge in [0.25, 0.3) is 5.91 Å². The predicted octanol–water partition coefficient (Wildman–Crippen LogP) is 3.33. The van der Waals surface area contributed by atoms with E-state index in [1.165, 1.54) is 13.2 Å². The number of halogens is 1. The quantitative estimate of drug-likeness (QED) is 0.750. The Morgan fingerprint density at radius 2 is 1.86 bits per heavy atom. The molecule has 1 heterocycles. The molecule has 160 valence electrons. The van der Waals surface area contributed by atoms with Crippen molar-refractivity contribution in [1.29, 1.82) is 0 Å². The van der Waals surface area contributed by atoms with Gasteiger partial charge in [0.1, 0.15) is 17.2 Å². The number of nitrogens with one attached hydrogen (secondary N) is 1. The van der Waals surface area contributed by atoms with E-state index in [9.17, 15) is 14.0 Å². The van der Waals surface area contributed by atoms with Crippen LogP contribution in [0.5, 0.6) is 5.75 Å². The van der Waals surface area contributed by atoms with Crippen LogP contribution in [-0.4, -0.2) is 48.7 Å². The zero-order chi connectivity index (χ0) is 21.4. The average molecular weight is 407 g/mol. The second-order valence-electron chi connectivity index (χ2n) is 9.12. The second kappa shape index (κ2) is 7.72. The number of hydrogen-bond acceptors (Lipinski definition) is 5. The number of hydrogen-bond donors (Lipinski definition) is 2. The molecule has 7 nitrogen and oxygen atoms in total. The fraction of sp³-hybridized carbons (Fsp3) is 0.619. The monoisotopic (exact) mass is 407 g/mol. The highest BCUT2D eigenvalue weighted by Crippen LogP contribution is 2.49. The number of anilines is 1. The predicted molar refractivity (Wildman–Crippen MR) is 107 cm³/mol. The Hall–Kier alpha value is -2.51. The maximum Gasteiger partial charge on any atom is 0.410 e. The molecule has 0 aromatic heterocycles. The Morgan fingerprint density at radius 1 is 1.24 bits per heavy atom. The molecule has 1 saturated carbocycles. The van der Waals surface area contributed by atoms with Gasteiger partial charge in [0.15, 0.2) is 0 Å². The van der Waals surface area contributed by atoms with E-state index in [1.807, 2.05) is 20.8 Å². The third kappa shape index (κ3) is 4.74. The van der Waals surface area contributed by atoms with Crippen LogP contribution in [0.1, 0.15) is 56.8 Å². The van der Waals surface area contributed by atoms with Crippen molar-refractivity contribution in [2.24, 2.45) is 5.41 Å². The molecule has 3 rings (SSSR count). The lowest BCUT2D eigenvalue weighted by Crippen LogP contribution is -2.55. The summed E-state index contributed by atoms with van der Waals surface area (Å²) in [5.74, 6) is -0.858. The number of ether oxygens (including phenoxy) is 2. The van der Waals surface area contributed by atoms with Gasteiger partial charge in [0.05, 0.1) is 18.4 Å². The average Bonchev–Trinajstić information content (AvgIpc) is 2.59. The Labute approximate surface area is 170 Å². The van der Waals surface area contributed by atoms with Crippen LogP contribution in [0.4, 0.5) is 14.9 Å². The molecule has 1 aliphatic carbocycles. The maximum absolute atomic E-state index is 14.1. The molecule has 2 aliphatic rings. The zero-order valence-corrected chi connectivity index (χ0v) is 17.5. The van der Waals surface area contributed by atoms with Crippen molar-refractivity contribution in [2.75, 3.05) is 25.9 Å². The van der Waals surface area contributed by atoms with Crippen molar-refractivity contribution in [2.45, 2.75) is 58.1 Å². The lowest BCUT2D eigenvalue weighted by molar-refractivity contribution is -0.0151. The topological polar surface area (TPSA) is 93.9 Å². The summed E-state index contributed by atoms with van der Waals surface area (Å²) in [7, 11) is 1.42. The molecule has 0 radical (unpaired) electrons. The minimum Gasteiger partial charge on any atom is -0.495 e. The highest BCUT2D eigenvalue weighted by atomic mass is 19.1. The Bertz CT molecular complexity index is 790. The van der Waals surface area contributed by atoms with Crippen LogP contribution in [0.2, 0.25) is 0 Å². The van der Waals surface area contributed by atoms with Gasteiger partial charge >= 0.3 is 6.09 Å². The number of nitrogens with two attached hydrogens (primary N) is 1. The van der Waals surface area contributed by atoms with Crippen molar-refractivity contribution in [3.63, 3.8) is 0 Å². The largest absolute Gasteiger partial charge is 0.495 e. The van der Waals surface area contributed by atoms with Gasteiger partial charge in [-0.05, 0) is 57.9 Å². The SMILES string of the molecule is COc1cc(C(=O)NC2CC3(CCN(C(=O)OC(C)(C)C)CC3)C2)c(F)cc1N. The van der Waals surface area contributed by atoms with Crippen molar-refractivity contribution in [3.05, 3.63) is 23.5 Å². The molecule has 2 amide bonds. The lowest BCUT2D eigenvalue weighted by atomic mass is 9.60. The van der Waals surface area contributed by atoms with Crippen molar-refractivity contribution < 1.29 is 23.5 Å². The van der Waals surface area contributed by atoms with Crippen LogP contribution in [0.15, 0.2) is 12.1 Å². The number of carbonyl (C=O) groups is 2. The smallest absolute Gasteiger partial charge is 0.410 e. The molecular formula is C21H30FN3O4. The standard InChI is InChI=1S/C21H30FN3O4/c1-20(2,3)29-19(27)25-7-5-21(6-8-25)11-13(12-21)24-18(26)14-9-17(28-4)16(23)10-15(14)22/h9-10,13H,5-8,11-12,23H2,1-4H3,(H,24,26). The van der Waals surface area contributed by atoms with Crippen LogP contribution in [0, 0.1) is 11.2 Å². The maximum atomic E-state index is 14.1. The molecule has 8 heteroatoms. The highest BCUT2D eigenvalue weighted by molar-refractivity contribution is 5.95. The number of benzene rings is 1. The first kappa shape index (κ1) is 21.2. The molecule has 1 aromatic rings. The summed E-state index contributed by atoms with van der Waals surface area (Å²) in [5.41, 5.74) is 5.38. The van der Waals surface area contributed by atoms with Crippen LogP contribution in [0.25, 0.3) is 0 Å². The molecule has 1 spiro atoms. The molecule has 0 bridgehead atoms. The number of amides is 2. The molecule has 29 heavy (non-hydrogen) atoms. The van der Waals surface area contributed by atoms with Crippen LogP contribution in [-0.2, 0) is 4.74 Å². The van der Waals surface area contributed by atoms with Gasteiger partial charge in [-0.1, -0.05) is 0 Å². The summed E-state index contributed by atoms with van der Waals surface area (Å²) in [6.07, 6.45) is 3.14. The zero-order valence-electron chi connectivity index (χ0n) is 17.5. The van der Waals surface area contributed by atoms with Gasteiger partial charge in [-0.2, -0.15) is 0 Å². The third-order valence-corrected chi connectivity index (χ3v) is 5.73. The van der Waals surface area contributed by atoms with E-state index in [1.54, 1.807) is 4.90 Å². The number of nitrogens with zero attached hydrogens (tertiary/aromatic N) is 1. The summed E-state index contributed by atoms with van der Waals surface area (Å²) in [6, 6.07) is 2.43. The summed E-state index contributed by atoms with van der Waals surface area (Å²) < 4.78 is 24.6. The van der Waals surface area contributed by atoms with Crippen molar-refractivity contribution in [1.82, 2.24) is 10.2 Å². The van der Waals surface area contributed by atoms with E-state index in [4.69, 9.17) is 15.2 Å². The van der Waals surface area contributed by atoms with E-state index in [2.05, 4.69) is 5.32 Å². The van der Waals surface area contributed by atoms with E-state index < -0.39 is 17.3 Å². The minimum atomic E-state index is -0.666. The van der Waals surface area contributed by atoms with Gasteiger partial charge < -0.3 is 25.4 Å². The first-order chi connectivity index (χ1) is 13.5. The molecule has 3 N–H and O–H groups in total. The molecule has 0 unspecified atom stereocenters. The van der Waals surface area contributed by atoms with Gasteiger partial charge in [0, 0.05) is 25.2 Å². The van der Waals surface area contributed by atoms with Crippen molar-refractivity contribution in [3.8, 4) is 5.75 Å². The first-order valence-electron chi connectivity index (χ1n) is 9.94. The Balaban J connectivity index is 1.51. The van der Waals surface area contributed by atoms with Crippen molar-refractivity contribution >= 4 is 17.7 Å². The van der Waals surface area contributed by atoms with Gasteiger partial charge in [-0.3, -0.25) is 4.79 Å². The van der Waals surface area contributed by atoms with Gasteiger partial charge in [0.2, 0.25) is 0 Å². The molecule has 0 atom stereocenters. The Morgan fingerprint density at radius 3 is 2.41 bits per heavy atom. The summed E-state index contributed by atoms with van der Waals surface area (Å²) in [6.45, 7) is 6.87. The normalized spacial score (nSPS) is 18.9.